The number of benzene rings is 2. The average molecular weight is 362 g/mol. The molecule has 0 aromatic heterocycles. The Kier molecular flexibility index (Phi) is 4.88. The van der Waals surface area contributed by atoms with Crippen LogP contribution in [0.4, 0.5) is 23.2 Å². The summed E-state index contributed by atoms with van der Waals surface area (Å²) in [5.41, 5.74) is 0.798. The fourth-order valence-electron chi connectivity index (χ4n) is 1.96. The van der Waals surface area contributed by atoms with E-state index in [-0.39, 0.29) is 4.47 Å². The number of hydrogen-bond donors (Lipinski definition) is 1. The predicted octanol–water partition coefficient (Wildman–Crippen LogP) is 5.69. The molecule has 1 unspecified atom stereocenters. The van der Waals surface area contributed by atoms with Crippen molar-refractivity contribution in [3.05, 3.63) is 64.4 Å². The summed E-state index contributed by atoms with van der Waals surface area (Å²) in [6.07, 6.45) is -5.35. The molecule has 0 radical (unpaired) electrons. The third-order valence-electron chi connectivity index (χ3n) is 2.90. The molecular weight excluding hydrogens is 350 g/mol. The highest BCUT2D eigenvalue weighted by atomic mass is 79.9. The summed E-state index contributed by atoms with van der Waals surface area (Å²) in [5, 5.41) is 2.74. The predicted molar refractivity (Wildman–Crippen MR) is 77.6 cm³/mol. The first-order chi connectivity index (χ1) is 9.85. The summed E-state index contributed by atoms with van der Waals surface area (Å²) in [6, 6.07) is 11.5. The van der Waals surface area contributed by atoms with E-state index >= 15 is 0 Å². The Labute approximate surface area is 128 Å². The molecular formula is C15H12BrF4N. The van der Waals surface area contributed by atoms with Gasteiger partial charge in [-0.25, -0.2) is 4.39 Å². The molecule has 2 aromatic carbocycles. The molecule has 0 heterocycles. The van der Waals surface area contributed by atoms with Gasteiger partial charge in [-0.1, -0.05) is 30.3 Å². The number of alkyl halides is 3. The average Bonchev–Trinajstić information content (AvgIpc) is 2.42. The molecule has 112 valence electrons. The van der Waals surface area contributed by atoms with Crippen LogP contribution in [0, 0.1) is 5.82 Å². The monoisotopic (exact) mass is 361 g/mol. The molecule has 0 saturated carbocycles. The largest absolute Gasteiger partial charge is 0.391 e. The highest BCUT2D eigenvalue weighted by Gasteiger charge is 2.32. The number of nitrogens with one attached hydrogen (secondary N) is 1. The van der Waals surface area contributed by atoms with Crippen molar-refractivity contribution in [3.63, 3.8) is 0 Å². The standard InChI is InChI=1S/C15H12BrF4N/c16-12-7-6-11(8-13(12)17)21-14(9-15(18,19)20)10-4-2-1-3-5-10/h1-8,14,21H,9H2. The van der Waals surface area contributed by atoms with Crippen LogP contribution in [0.25, 0.3) is 0 Å². The van der Waals surface area contributed by atoms with Crippen LogP contribution in [0.3, 0.4) is 0 Å². The Balaban J connectivity index is 2.25. The minimum absolute atomic E-state index is 0.264. The quantitative estimate of drug-likeness (QED) is 0.689. The van der Waals surface area contributed by atoms with Gasteiger partial charge >= 0.3 is 6.18 Å². The third kappa shape index (κ3) is 4.74. The molecule has 0 fully saturated rings. The second-order valence-corrected chi connectivity index (χ2v) is 5.41. The maximum Gasteiger partial charge on any atom is 0.391 e. The van der Waals surface area contributed by atoms with Crippen LogP contribution in [-0.4, -0.2) is 6.18 Å². The third-order valence-corrected chi connectivity index (χ3v) is 3.54. The van der Waals surface area contributed by atoms with Gasteiger partial charge in [0.25, 0.3) is 0 Å². The van der Waals surface area contributed by atoms with E-state index in [4.69, 9.17) is 0 Å². The van der Waals surface area contributed by atoms with Gasteiger partial charge in [0.15, 0.2) is 0 Å². The van der Waals surface area contributed by atoms with E-state index in [9.17, 15) is 17.6 Å². The fraction of sp³-hybridized carbons (Fsp3) is 0.200. The topological polar surface area (TPSA) is 12.0 Å². The summed E-state index contributed by atoms with van der Waals surface area (Å²) in [7, 11) is 0. The summed E-state index contributed by atoms with van der Waals surface area (Å²) in [6.45, 7) is 0. The summed E-state index contributed by atoms with van der Waals surface area (Å²) < 4.78 is 51.9. The Hall–Kier alpha value is -1.56. The second kappa shape index (κ2) is 6.47. The van der Waals surface area contributed by atoms with E-state index in [0.29, 0.717) is 11.3 Å². The number of halogens is 5. The molecule has 0 amide bonds. The summed E-state index contributed by atoms with van der Waals surface area (Å²) in [5.74, 6) is -0.529. The van der Waals surface area contributed by atoms with Gasteiger partial charge in [-0.2, -0.15) is 13.2 Å². The highest BCUT2D eigenvalue weighted by Crippen LogP contribution is 2.32. The Morgan fingerprint density at radius 1 is 1.05 bits per heavy atom. The van der Waals surface area contributed by atoms with Crippen LogP contribution < -0.4 is 5.32 Å². The SMILES string of the molecule is Fc1cc(NC(CC(F)(F)F)c2ccccc2)ccc1Br. The van der Waals surface area contributed by atoms with Gasteiger partial charge in [0.1, 0.15) is 5.82 Å². The van der Waals surface area contributed by atoms with Crippen molar-refractivity contribution in [1.29, 1.82) is 0 Å². The lowest BCUT2D eigenvalue weighted by molar-refractivity contribution is -0.137. The van der Waals surface area contributed by atoms with Gasteiger partial charge in [-0.15, -0.1) is 0 Å². The lowest BCUT2D eigenvalue weighted by atomic mass is 10.0. The van der Waals surface area contributed by atoms with E-state index in [2.05, 4.69) is 21.2 Å². The van der Waals surface area contributed by atoms with Gasteiger partial charge in [-0.05, 0) is 39.7 Å². The number of rotatable bonds is 4. The zero-order chi connectivity index (χ0) is 15.5. The van der Waals surface area contributed by atoms with Crippen molar-refractivity contribution in [3.8, 4) is 0 Å². The van der Waals surface area contributed by atoms with Gasteiger partial charge in [-0.3, -0.25) is 0 Å². The minimum Gasteiger partial charge on any atom is -0.378 e. The van der Waals surface area contributed by atoms with E-state index in [1.165, 1.54) is 12.1 Å². The smallest absolute Gasteiger partial charge is 0.378 e. The second-order valence-electron chi connectivity index (χ2n) is 4.56. The molecule has 6 heteroatoms. The number of hydrogen-bond acceptors (Lipinski definition) is 1. The molecule has 0 saturated heterocycles. The van der Waals surface area contributed by atoms with E-state index < -0.39 is 24.5 Å². The van der Waals surface area contributed by atoms with Crippen molar-refractivity contribution >= 4 is 21.6 Å². The first kappa shape index (κ1) is 15.8. The molecule has 0 aliphatic carbocycles. The Bertz CT molecular complexity index is 598. The molecule has 0 bridgehead atoms. The maximum atomic E-state index is 13.5. The number of anilines is 1. The van der Waals surface area contributed by atoms with E-state index in [1.807, 2.05) is 0 Å². The van der Waals surface area contributed by atoms with Gasteiger partial charge in [0, 0.05) is 5.69 Å². The highest BCUT2D eigenvalue weighted by molar-refractivity contribution is 9.10. The zero-order valence-corrected chi connectivity index (χ0v) is 12.4. The molecule has 0 spiro atoms. The van der Waals surface area contributed by atoms with Crippen LogP contribution >= 0.6 is 15.9 Å². The van der Waals surface area contributed by atoms with Crippen molar-refractivity contribution in [1.82, 2.24) is 0 Å². The Morgan fingerprint density at radius 3 is 2.29 bits per heavy atom. The van der Waals surface area contributed by atoms with E-state index in [1.54, 1.807) is 30.3 Å². The minimum atomic E-state index is -4.32. The molecule has 0 aliphatic heterocycles. The maximum absolute atomic E-state index is 13.5. The zero-order valence-electron chi connectivity index (χ0n) is 10.8. The van der Waals surface area contributed by atoms with Crippen molar-refractivity contribution in [2.75, 3.05) is 5.32 Å². The molecule has 1 N–H and O–H groups in total. The lowest BCUT2D eigenvalue weighted by Gasteiger charge is -2.22. The summed E-state index contributed by atoms with van der Waals surface area (Å²) in [4.78, 5) is 0. The van der Waals surface area contributed by atoms with Crippen LogP contribution in [0.15, 0.2) is 53.0 Å². The van der Waals surface area contributed by atoms with Crippen LogP contribution in [0.2, 0.25) is 0 Å². The van der Waals surface area contributed by atoms with Gasteiger partial charge < -0.3 is 5.32 Å². The molecule has 1 atom stereocenters. The molecule has 1 nitrogen and oxygen atoms in total. The molecule has 2 rings (SSSR count). The van der Waals surface area contributed by atoms with Gasteiger partial charge in [0.05, 0.1) is 16.9 Å². The summed E-state index contributed by atoms with van der Waals surface area (Å²) >= 11 is 3.01. The van der Waals surface area contributed by atoms with Gasteiger partial charge in [0.2, 0.25) is 0 Å². The Morgan fingerprint density at radius 2 is 1.71 bits per heavy atom. The lowest BCUT2D eigenvalue weighted by Crippen LogP contribution is -2.20. The fourth-order valence-corrected chi connectivity index (χ4v) is 2.20. The van der Waals surface area contributed by atoms with Crippen LogP contribution in [0.5, 0.6) is 0 Å². The van der Waals surface area contributed by atoms with Crippen molar-refractivity contribution in [2.24, 2.45) is 0 Å². The first-order valence-corrected chi connectivity index (χ1v) is 6.98. The van der Waals surface area contributed by atoms with Crippen LogP contribution in [-0.2, 0) is 0 Å². The van der Waals surface area contributed by atoms with Crippen LogP contribution in [0.1, 0.15) is 18.0 Å². The van der Waals surface area contributed by atoms with Crippen molar-refractivity contribution in [2.45, 2.75) is 18.6 Å². The van der Waals surface area contributed by atoms with Crippen molar-refractivity contribution < 1.29 is 17.6 Å². The van der Waals surface area contributed by atoms with E-state index in [0.717, 1.165) is 6.07 Å². The molecule has 2 aromatic rings. The first-order valence-electron chi connectivity index (χ1n) is 6.18. The normalized spacial score (nSPS) is 13.0. The molecule has 0 aliphatic rings. The molecule has 21 heavy (non-hydrogen) atoms.